The van der Waals surface area contributed by atoms with Crippen molar-refractivity contribution in [2.24, 2.45) is 7.05 Å². The minimum Gasteiger partial charge on any atom is -0.309 e. The van der Waals surface area contributed by atoms with Gasteiger partial charge in [-0.05, 0) is 31.7 Å². The van der Waals surface area contributed by atoms with E-state index in [4.69, 9.17) is 0 Å². The van der Waals surface area contributed by atoms with E-state index in [0.717, 1.165) is 29.0 Å². The molecular formula is C14H16F3N3. The third kappa shape index (κ3) is 2.85. The van der Waals surface area contributed by atoms with Crippen molar-refractivity contribution in [3.8, 4) is 0 Å². The van der Waals surface area contributed by atoms with E-state index in [-0.39, 0.29) is 6.04 Å². The maximum Gasteiger partial charge on any atom is 0.416 e. The summed E-state index contributed by atoms with van der Waals surface area (Å²) in [5.74, 6) is 0. The highest BCUT2D eigenvalue weighted by atomic mass is 19.4. The Labute approximate surface area is 115 Å². The third-order valence-electron chi connectivity index (χ3n) is 3.22. The van der Waals surface area contributed by atoms with Crippen molar-refractivity contribution in [3.05, 3.63) is 52.8 Å². The maximum atomic E-state index is 12.6. The number of aryl methyl sites for hydroxylation is 2. The molecule has 3 nitrogen and oxygen atoms in total. The number of benzene rings is 1. The van der Waals surface area contributed by atoms with Crippen LogP contribution in [0, 0.1) is 6.92 Å². The van der Waals surface area contributed by atoms with Gasteiger partial charge in [0.25, 0.3) is 0 Å². The molecule has 2 aromatic rings. The summed E-state index contributed by atoms with van der Waals surface area (Å²) in [6.45, 7) is 1.88. The van der Waals surface area contributed by atoms with Crippen LogP contribution in [0.4, 0.5) is 13.2 Å². The van der Waals surface area contributed by atoms with Gasteiger partial charge < -0.3 is 5.32 Å². The Kier molecular flexibility index (Phi) is 3.85. The summed E-state index contributed by atoms with van der Waals surface area (Å²) in [4.78, 5) is 0. The second kappa shape index (κ2) is 5.28. The average molecular weight is 283 g/mol. The van der Waals surface area contributed by atoms with Crippen LogP contribution >= 0.6 is 0 Å². The van der Waals surface area contributed by atoms with Gasteiger partial charge in [-0.3, -0.25) is 4.68 Å². The molecule has 1 aromatic carbocycles. The normalized spacial score (nSPS) is 13.5. The number of nitrogens with zero attached hydrogens (tertiary/aromatic N) is 2. The van der Waals surface area contributed by atoms with Gasteiger partial charge in [-0.2, -0.15) is 18.3 Å². The lowest BCUT2D eigenvalue weighted by Crippen LogP contribution is -2.18. The molecule has 0 fully saturated rings. The SMILES string of the molecule is CNC(c1ccc(C(F)(F)F)cc1)c1cn(C)nc1C. The Morgan fingerprint density at radius 2 is 1.80 bits per heavy atom. The van der Waals surface area contributed by atoms with E-state index in [0.29, 0.717) is 0 Å². The number of aromatic nitrogens is 2. The van der Waals surface area contributed by atoms with Crippen LogP contribution in [-0.2, 0) is 13.2 Å². The standard InChI is InChI=1S/C14H16F3N3/c1-9-12(8-20(3)19-9)13(18-2)10-4-6-11(7-5-10)14(15,16)17/h4-8,13,18H,1-3H3. The smallest absolute Gasteiger partial charge is 0.309 e. The Balaban J connectivity index is 2.35. The summed E-state index contributed by atoms with van der Waals surface area (Å²) in [5.41, 5.74) is 1.94. The van der Waals surface area contributed by atoms with Crippen molar-refractivity contribution < 1.29 is 13.2 Å². The van der Waals surface area contributed by atoms with Gasteiger partial charge in [0.2, 0.25) is 0 Å². The molecule has 0 amide bonds. The van der Waals surface area contributed by atoms with Crippen LogP contribution in [0.15, 0.2) is 30.5 Å². The van der Waals surface area contributed by atoms with E-state index in [1.807, 2.05) is 20.2 Å². The molecule has 0 aliphatic heterocycles. The number of alkyl halides is 3. The molecule has 0 spiro atoms. The van der Waals surface area contributed by atoms with Gasteiger partial charge in [-0.25, -0.2) is 0 Å². The molecule has 0 saturated heterocycles. The van der Waals surface area contributed by atoms with Crippen LogP contribution in [0.2, 0.25) is 0 Å². The molecule has 0 radical (unpaired) electrons. The monoisotopic (exact) mass is 283 g/mol. The molecule has 0 bridgehead atoms. The van der Waals surface area contributed by atoms with Crippen LogP contribution in [0.25, 0.3) is 0 Å². The summed E-state index contributed by atoms with van der Waals surface area (Å²) in [6, 6.07) is 5.02. The first-order valence-electron chi connectivity index (χ1n) is 6.17. The number of rotatable bonds is 3. The van der Waals surface area contributed by atoms with Crippen LogP contribution in [0.1, 0.15) is 28.4 Å². The third-order valence-corrected chi connectivity index (χ3v) is 3.22. The molecule has 1 aromatic heterocycles. The molecular weight excluding hydrogens is 267 g/mol. The number of hydrogen-bond donors (Lipinski definition) is 1. The van der Waals surface area contributed by atoms with E-state index in [1.54, 1.807) is 11.7 Å². The van der Waals surface area contributed by atoms with E-state index in [9.17, 15) is 13.2 Å². The first-order chi connectivity index (χ1) is 9.32. The van der Waals surface area contributed by atoms with Gasteiger partial charge in [0.15, 0.2) is 0 Å². The molecule has 20 heavy (non-hydrogen) atoms. The molecule has 1 N–H and O–H groups in total. The first kappa shape index (κ1) is 14.6. The molecule has 1 heterocycles. The Morgan fingerprint density at radius 3 is 2.20 bits per heavy atom. The van der Waals surface area contributed by atoms with Gasteiger partial charge in [0.1, 0.15) is 0 Å². The number of halogens is 3. The number of hydrogen-bond acceptors (Lipinski definition) is 2. The van der Waals surface area contributed by atoms with E-state index in [1.165, 1.54) is 12.1 Å². The molecule has 0 saturated carbocycles. The van der Waals surface area contributed by atoms with Crippen molar-refractivity contribution in [2.75, 3.05) is 7.05 Å². The highest BCUT2D eigenvalue weighted by Gasteiger charge is 2.30. The first-order valence-corrected chi connectivity index (χ1v) is 6.17. The lowest BCUT2D eigenvalue weighted by molar-refractivity contribution is -0.137. The minimum atomic E-state index is -4.31. The summed E-state index contributed by atoms with van der Waals surface area (Å²) in [6.07, 6.45) is -2.44. The highest BCUT2D eigenvalue weighted by Crippen LogP contribution is 2.31. The van der Waals surface area contributed by atoms with Crippen LogP contribution in [0.3, 0.4) is 0 Å². The largest absolute Gasteiger partial charge is 0.416 e. The molecule has 0 aliphatic rings. The zero-order chi connectivity index (χ0) is 14.9. The molecule has 1 atom stereocenters. The van der Waals surface area contributed by atoms with Gasteiger partial charge in [-0.1, -0.05) is 12.1 Å². The summed E-state index contributed by atoms with van der Waals surface area (Å²) >= 11 is 0. The second-order valence-corrected chi connectivity index (χ2v) is 4.68. The van der Waals surface area contributed by atoms with E-state index >= 15 is 0 Å². The minimum absolute atomic E-state index is 0.175. The van der Waals surface area contributed by atoms with Gasteiger partial charge in [-0.15, -0.1) is 0 Å². The average Bonchev–Trinajstić information content (AvgIpc) is 2.69. The fourth-order valence-electron chi connectivity index (χ4n) is 2.27. The zero-order valence-electron chi connectivity index (χ0n) is 11.5. The molecule has 2 rings (SSSR count). The van der Waals surface area contributed by atoms with Gasteiger partial charge in [0, 0.05) is 18.8 Å². The van der Waals surface area contributed by atoms with E-state index < -0.39 is 11.7 Å². The summed E-state index contributed by atoms with van der Waals surface area (Å²) in [5, 5.41) is 7.37. The Morgan fingerprint density at radius 1 is 1.20 bits per heavy atom. The van der Waals surface area contributed by atoms with Gasteiger partial charge in [0.05, 0.1) is 17.3 Å². The van der Waals surface area contributed by atoms with Crippen LogP contribution in [0.5, 0.6) is 0 Å². The Hall–Kier alpha value is -1.82. The lowest BCUT2D eigenvalue weighted by Gasteiger charge is -2.17. The summed E-state index contributed by atoms with van der Waals surface area (Å²) in [7, 11) is 3.59. The number of nitrogens with one attached hydrogen (secondary N) is 1. The van der Waals surface area contributed by atoms with Crippen molar-refractivity contribution in [1.29, 1.82) is 0 Å². The predicted molar refractivity (Wildman–Crippen MR) is 70.3 cm³/mol. The van der Waals surface area contributed by atoms with Crippen LogP contribution in [-0.4, -0.2) is 16.8 Å². The van der Waals surface area contributed by atoms with Crippen molar-refractivity contribution in [1.82, 2.24) is 15.1 Å². The topological polar surface area (TPSA) is 29.9 Å². The van der Waals surface area contributed by atoms with Crippen molar-refractivity contribution in [2.45, 2.75) is 19.1 Å². The molecule has 6 heteroatoms. The molecule has 0 aliphatic carbocycles. The second-order valence-electron chi connectivity index (χ2n) is 4.68. The predicted octanol–water partition coefficient (Wildman–Crippen LogP) is 3.06. The zero-order valence-corrected chi connectivity index (χ0v) is 11.5. The quantitative estimate of drug-likeness (QED) is 0.938. The fourth-order valence-corrected chi connectivity index (χ4v) is 2.27. The lowest BCUT2D eigenvalue weighted by atomic mass is 9.98. The Bertz CT molecular complexity index is 585. The molecule has 108 valence electrons. The fraction of sp³-hybridized carbons (Fsp3) is 0.357. The van der Waals surface area contributed by atoms with Crippen LogP contribution < -0.4 is 5.32 Å². The van der Waals surface area contributed by atoms with E-state index in [2.05, 4.69) is 10.4 Å². The van der Waals surface area contributed by atoms with Gasteiger partial charge >= 0.3 is 6.18 Å². The summed E-state index contributed by atoms with van der Waals surface area (Å²) < 4.78 is 39.4. The van der Waals surface area contributed by atoms with Crippen molar-refractivity contribution >= 4 is 0 Å². The highest BCUT2D eigenvalue weighted by molar-refractivity contribution is 5.35. The van der Waals surface area contributed by atoms with Crippen molar-refractivity contribution in [3.63, 3.8) is 0 Å². The molecule has 1 unspecified atom stereocenters. The maximum absolute atomic E-state index is 12.6.